The second-order valence-electron chi connectivity index (χ2n) is 6.61. The van der Waals surface area contributed by atoms with Crippen LogP contribution < -0.4 is 20.1 Å². The van der Waals surface area contributed by atoms with Crippen LogP contribution in [0.3, 0.4) is 0 Å². The lowest BCUT2D eigenvalue weighted by atomic mass is 10.1. The summed E-state index contributed by atoms with van der Waals surface area (Å²) in [5, 5.41) is 9.65. The van der Waals surface area contributed by atoms with Gasteiger partial charge in [-0.25, -0.2) is 12.8 Å². The molecule has 174 valence electrons. The quantitative estimate of drug-likeness (QED) is 0.315. The maximum Gasteiger partial charge on any atom is 0.490 e. The normalized spacial score (nSPS) is 13.0. The molecule has 9 nitrogen and oxygen atoms in total. The third kappa shape index (κ3) is 5.66. The number of fused-ring (bicyclic) bond motifs is 1. The van der Waals surface area contributed by atoms with Crippen molar-refractivity contribution in [1.82, 2.24) is 4.72 Å². The number of nitriles is 1. The molecule has 3 N–H and O–H groups in total. The predicted molar refractivity (Wildman–Crippen MR) is 119 cm³/mol. The number of hydrogen-bond acceptors (Lipinski definition) is 9. The lowest BCUT2D eigenvalue weighted by Gasteiger charge is -2.15. The van der Waals surface area contributed by atoms with Gasteiger partial charge >= 0.3 is 8.25 Å². The van der Waals surface area contributed by atoms with Crippen molar-refractivity contribution >= 4 is 51.3 Å². The minimum absolute atomic E-state index is 0.140. The highest BCUT2D eigenvalue weighted by atomic mass is 35.5. The van der Waals surface area contributed by atoms with E-state index in [1.54, 1.807) is 19.1 Å². The van der Waals surface area contributed by atoms with Crippen LogP contribution in [0.4, 0.5) is 4.39 Å². The van der Waals surface area contributed by atoms with Crippen LogP contribution in [0.1, 0.15) is 22.9 Å². The van der Waals surface area contributed by atoms with E-state index < -0.39 is 30.3 Å². The summed E-state index contributed by atoms with van der Waals surface area (Å²) in [6.07, 6.45) is -1.76. The molecule has 0 aliphatic heterocycles. The molecule has 0 spiro atoms. The molecule has 33 heavy (non-hydrogen) atoms. The van der Waals surface area contributed by atoms with Crippen molar-refractivity contribution in [3.63, 3.8) is 0 Å². The topological polar surface area (TPSA) is 155 Å². The van der Waals surface area contributed by atoms with Crippen LogP contribution in [0.25, 0.3) is 10.1 Å². The van der Waals surface area contributed by atoms with Gasteiger partial charge in [0, 0.05) is 23.6 Å². The summed E-state index contributed by atoms with van der Waals surface area (Å²) < 4.78 is 64.2. The van der Waals surface area contributed by atoms with E-state index >= 15 is 0 Å². The highest BCUT2D eigenvalue weighted by Crippen LogP contribution is 2.41. The summed E-state index contributed by atoms with van der Waals surface area (Å²) in [4.78, 5) is 11.2. The SMILES string of the molecule is Cc1c(S(=O)(=O)NC(O[P+](=O)[O-])c2ccc(C#N)c(F)c2)sc2c(Cl)cc(OCCN)cc12. The summed E-state index contributed by atoms with van der Waals surface area (Å²) in [6.45, 7) is 2.08. The monoisotopic (exact) mass is 531 g/mol. The summed E-state index contributed by atoms with van der Waals surface area (Å²) in [5.74, 6) is -0.549. The van der Waals surface area contributed by atoms with E-state index in [-0.39, 0.29) is 33.5 Å². The van der Waals surface area contributed by atoms with Crippen LogP contribution in [-0.2, 0) is 19.1 Å². The summed E-state index contributed by atoms with van der Waals surface area (Å²) in [7, 11) is -7.86. The lowest BCUT2D eigenvalue weighted by Crippen LogP contribution is -2.29. The summed E-state index contributed by atoms with van der Waals surface area (Å²) in [6, 6.07) is 7.87. The summed E-state index contributed by atoms with van der Waals surface area (Å²) >= 11 is 7.17. The Bertz CT molecular complexity index is 1380. The third-order valence-electron chi connectivity index (χ3n) is 4.42. The highest BCUT2D eigenvalue weighted by Gasteiger charge is 2.31. The Hall–Kier alpha value is -2.20. The van der Waals surface area contributed by atoms with Gasteiger partial charge < -0.3 is 15.4 Å². The second-order valence-corrected chi connectivity index (χ2v) is 10.6. The smallest absolute Gasteiger partial charge is 0.490 e. The average molecular weight is 532 g/mol. The van der Waals surface area contributed by atoms with Crippen LogP contribution in [0.5, 0.6) is 5.75 Å². The first-order valence-electron chi connectivity index (χ1n) is 9.16. The molecule has 2 unspecified atom stereocenters. The number of halogens is 2. The Balaban J connectivity index is 2.03. The maximum absolute atomic E-state index is 14.0. The Labute approximate surface area is 198 Å². The van der Waals surface area contributed by atoms with Crippen molar-refractivity contribution in [2.24, 2.45) is 5.73 Å². The van der Waals surface area contributed by atoms with Gasteiger partial charge in [-0.1, -0.05) is 17.7 Å². The Morgan fingerprint density at radius 3 is 2.73 bits per heavy atom. The number of aryl methyl sites for hydroxylation is 1. The van der Waals surface area contributed by atoms with Gasteiger partial charge in [0.15, 0.2) is 0 Å². The van der Waals surface area contributed by atoms with Gasteiger partial charge in [-0.15, -0.1) is 15.9 Å². The third-order valence-corrected chi connectivity index (χ3v) is 8.58. The Morgan fingerprint density at radius 2 is 2.12 bits per heavy atom. The van der Waals surface area contributed by atoms with Crippen molar-refractivity contribution in [3.8, 4) is 11.8 Å². The largest absolute Gasteiger partial charge is 0.566 e. The number of nitrogens with zero attached hydrogens (tertiary/aromatic N) is 1. The van der Waals surface area contributed by atoms with Gasteiger partial charge in [-0.2, -0.15) is 9.98 Å². The zero-order valence-electron chi connectivity index (χ0n) is 16.9. The maximum atomic E-state index is 14.0. The number of ether oxygens (including phenoxy) is 1. The number of nitrogens with two attached hydrogens (primary N) is 1. The fraction of sp³-hybridized carbons (Fsp3) is 0.211. The molecular formula is C19H16ClFN3O6PS2. The molecular weight excluding hydrogens is 516 g/mol. The molecule has 2 atom stereocenters. The number of hydrogen-bond donors (Lipinski definition) is 2. The van der Waals surface area contributed by atoms with Crippen molar-refractivity contribution in [2.45, 2.75) is 17.4 Å². The van der Waals surface area contributed by atoms with E-state index in [1.807, 2.05) is 0 Å². The molecule has 1 aromatic heterocycles. The van der Waals surface area contributed by atoms with Gasteiger partial charge in [-0.05, 0) is 35.3 Å². The van der Waals surface area contributed by atoms with E-state index in [9.17, 15) is 22.3 Å². The molecule has 0 radical (unpaired) electrons. The van der Waals surface area contributed by atoms with Crippen LogP contribution in [0.15, 0.2) is 34.5 Å². The number of nitrogens with one attached hydrogen (secondary N) is 1. The number of benzene rings is 2. The van der Waals surface area contributed by atoms with Gasteiger partial charge in [0.05, 0.1) is 15.3 Å². The van der Waals surface area contributed by atoms with Crippen LogP contribution in [0, 0.1) is 24.1 Å². The standard InChI is InChI=1S/C19H16ClFN3O6PS2/c1-10-14-7-13(29-5-4-22)8-15(20)17(14)32-19(10)33(27,28)24-18(30-31(25)26)11-2-3-12(9-23)16(21)6-11/h2-3,6-8,18,24H,4-5,22H2,1H3. The Kier molecular flexibility index (Phi) is 8.00. The van der Waals surface area contributed by atoms with E-state index in [4.69, 9.17) is 27.3 Å². The van der Waals surface area contributed by atoms with Crippen molar-refractivity contribution in [3.05, 3.63) is 57.9 Å². The number of thiophene rings is 1. The first kappa shape index (κ1) is 25.4. The van der Waals surface area contributed by atoms with Crippen molar-refractivity contribution < 1.29 is 31.5 Å². The van der Waals surface area contributed by atoms with E-state index in [0.717, 1.165) is 23.5 Å². The molecule has 0 saturated heterocycles. The molecule has 2 aromatic carbocycles. The molecule has 14 heteroatoms. The second kappa shape index (κ2) is 10.4. The first-order chi connectivity index (χ1) is 15.6. The van der Waals surface area contributed by atoms with E-state index in [0.29, 0.717) is 21.4 Å². The van der Waals surface area contributed by atoms with Crippen molar-refractivity contribution in [2.75, 3.05) is 13.2 Å². The summed E-state index contributed by atoms with van der Waals surface area (Å²) in [5.41, 5.74) is 5.33. The lowest BCUT2D eigenvalue weighted by molar-refractivity contribution is -0.190. The van der Waals surface area contributed by atoms with E-state index in [1.165, 1.54) is 12.1 Å². The molecule has 0 bridgehead atoms. The van der Waals surface area contributed by atoms with Gasteiger partial charge in [0.25, 0.3) is 10.0 Å². The number of rotatable bonds is 9. The molecule has 0 aliphatic carbocycles. The van der Waals surface area contributed by atoms with Crippen LogP contribution in [-0.4, -0.2) is 21.6 Å². The predicted octanol–water partition coefficient (Wildman–Crippen LogP) is 3.22. The molecule has 0 saturated carbocycles. The van der Waals surface area contributed by atoms with Gasteiger partial charge in [0.1, 0.15) is 28.5 Å². The minimum Gasteiger partial charge on any atom is -0.566 e. The molecule has 1 heterocycles. The highest BCUT2D eigenvalue weighted by molar-refractivity contribution is 7.91. The first-order valence-corrected chi connectivity index (χ1v) is 12.9. The van der Waals surface area contributed by atoms with Crippen LogP contribution in [0.2, 0.25) is 5.02 Å². The molecule has 3 rings (SSSR count). The molecule has 0 aliphatic rings. The van der Waals surface area contributed by atoms with Gasteiger partial charge in [0.2, 0.25) is 6.23 Å². The number of sulfonamides is 1. The van der Waals surface area contributed by atoms with Gasteiger partial charge in [-0.3, -0.25) is 0 Å². The fourth-order valence-electron chi connectivity index (χ4n) is 2.96. The zero-order chi connectivity index (χ0) is 24.3. The van der Waals surface area contributed by atoms with E-state index in [2.05, 4.69) is 9.25 Å². The minimum atomic E-state index is -4.35. The fourth-order valence-corrected chi connectivity index (χ4v) is 6.55. The van der Waals surface area contributed by atoms with Crippen molar-refractivity contribution in [1.29, 1.82) is 5.26 Å². The average Bonchev–Trinajstić information content (AvgIpc) is 3.09. The molecule has 0 amide bonds. The van der Waals surface area contributed by atoms with Crippen LogP contribution >= 0.6 is 31.2 Å². The Morgan fingerprint density at radius 1 is 1.39 bits per heavy atom. The zero-order valence-corrected chi connectivity index (χ0v) is 20.2. The molecule has 3 aromatic rings. The molecule has 0 fully saturated rings.